The van der Waals surface area contributed by atoms with Gasteiger partial charge in [-0.25, -0.2) is 8.42 Å². The van der Waals surface area contributed by atoms with E-state index < -0.39 is 15.9 Å². The monoisotopic (exact) mass is 197 g/mol. The summed E-state index contributed by atoms with van der Waals surface area (Å²) in [6.45, 7) is 1.64. The molecule has 6 heteroatoms. The van der Waals surface area contributed by atoms with Gasteiger partial charge in [-0.2, -0.15) is 11.8 Å². The van der Waals surface area contributed by atoms with E-state index in [9.17, 15) is 13.2 Å². The maximum absolute atomic E-state index is 10.9. The van der Waals surface area contributed by atoms with Crippen LogP contribution in [0.2, 0.25) is 0 Å². The molecule has 0 aromatic heterocycles. The molecule has 0 saturated heterocycles. The van der Waals surface area contributed by atoms with Crippen LogP contribution in [0, 0.1) is 0 Å². The highest BCUT2D eigenvalue weighted by Crippen LogP contribution is 2.04. The highest BCUT2D eigenvalue weighted by Gasteiger charge is 2.14. The molecule has 0 aliphatic heterocycles. The minimum Gasteiger partial charge on any atom is -0.273 e. The van der Waals surface area contributed by atoms with Gasteiger partial charge in [0.25, 0.3) is 0 Å². The van der Waals surface area contributed by atoms with E-state index in [1.54, 1.807) is 13.2 Å². The van der Waals surface area contributed by atoms with Crippen molar-refractivity contribution in [2.45, 2.75) is 12.2 Å². The van der Waals surface area contributed by atoms with Crippen molar-refractivity contribution in [1.29, 1.82) is 0 Å². The first kappa shape index (κ1) is 10.8. The van der Waals surface area contributed by atoms with Gasteiger partial charge in [-0.3, -0.25) is 9.52 Å². The maximum atomic E-state index is 10.9. The van der Waals surface area contributed by atoms with Crippen molar-refractivity contribution in [3.05, 3.63) is 0 Å². The molecule has 0 heterocycles. The average molecular weight is 197 g/mol. The molecule has 0 aromatic rings. The van der Waals surface area contributed by atoms with E-state index in [1.807, 2.05) is 4.72 Å². The quantitative estimate of drug-likeness (QED) is 0.681. The summed E-state index contributed by atoms with van der Waals surface area (Å²) in [4.78, 5) is 10.9. The van der Waals surface area contributed by atoms with Crippen molar-refractivity contribution < 1.29 is 13.2 Å². The molecule has 1 unspecified atom stereocenters. The smallest absolute Gasteiger partial charge is 0.246 e. The van der Waals surface area contributed by atoms with Crippen LogP contribution in [0.5, 0.6) is 0 Å². The van der Waals surface area contributed by atoms with Crippen molar-refractivity contribution >= 4 is 27.7 Å². The summed E-state index contributed by atoms with van der Waals surface area (Å²) in [5.41, 5.74) is 0. The first-order chi connectivity index (χ1) is 4.87. The number of rotatable bonds is 3. The minimum absolute atomic E-state index is 0.329. The molecule has 0 radical (unpaired) electrons. The lowest BCUT2D eigenvalue weighted by atomic mass is 10.5. The zero-order valence-corrected chi connectivity index (χ0v) is 8.25. The number of hydrogen-bond donors (Lipinski definition) is 1. The van der Waals surface area contributed by atoms with Crippen LogP contribution >= 0.6 is 11.8 Å². The van der Waals surface area contributed by atoms with Crippen LogP contribution in [0.25, 0.3) is 0 Å². The Bertz CT molecular complexity index is 234. The predicted octanol–water partition coefficient (Wildman–Crippen LogP) is -0.186. The molecule has 0 bridgehead atoms. The molecule has 0 aliphatic rings. The van der Waals surface area contributed by atoms with Crippen molar-refractivity contribution in [3.63, 3.8) is 0 Å². The van der Waals surface area contributed by atoms with Gasteiger partial charge < -0.3 is 0 Å². The summed E-state index contributed by atoms with van der Waals surface area (Å²) in [7, 11) is -3.39. The molecule has 0 saturated carbocycles. The van der Waals surface area contributed by atoms with Gasteiger partial charge in [-0.05, 0) is 13.2 Å². The van der Waals surface area contributed by atoms with Crippen LogP contribution in [0.4, 0.5) is 0 Å². The summed E-state index contributed by atoms with van der Waals surface area (Å²) >= 11 is 1.30. The number of carbonyl (C=O) groups excluding carboxylic acids is 1. The second kappa shape index (κ2) is 3.96. The molecule has 0 rings (SSSR count). The third-order valence-electron chi connectivity index (χ3n) is 1.01. The van der Waals surface area contributed by atoms with Gasteiger partial charge in [0.15, 0.2) is 0 Å². The lowest BCUT2D eigenvalue weighted by Crippen LogP contribution is -2.35. The van der Waals surface area contributed by atoms with Gasteiger partial charge in [0.1, 0.15) is 0 Å². The summed E-state index contributed by atoms with van der Waals surface area (Å²) in [6, 6.07) is 0. The molecule has 0 fully saturated rings. The fraction of sp³-hybridized carbons (Fsp3) is 0.800. The minimum atomic E-state index is -3.39. The summed E-state index contributed by atoms with van der Waals surface area (Å²) in [5, 5.41) is -0.329. The second-order valence-corrected chi connectivity index (χ2v) is 5.04. The Morgan fingerprint density at radius 2 is 2.00 bits per heavy atom. The Balaban J connectivity index is 4.10. The fourth-order valence-electron chi connectivity index (χ4n) is 0.373. The molecular weight excluding hydrogens is 186 g/mol. The van der Waals surface area contributed by atoms with Crippen molar-refractivity contribution in [2.75, 3.05) is 12.5 Å². The number of amides is 1. The highest BCUT2D eigenvalue weighted by atomic mass is 32.2. The Hall–Kier alpha value is -0.230. The molecular formula is C5H11NO3S2. The third-order valence-corrected chi connectivity index (χ3v) is 2.50. The van der Waals surface area contributed by atoms with Crippen LogP contribution in [0.3, 0.4) is 0 Å². The number of sulfonamides is 1. The van der Waals surface area contributed by atoms with Crippen LogP contribution in [-0.4, -0.2) is 32.1 Å². The van der Waals surface area contributed by atoms with Gasteiger partial charge in [-0.15, -0.1) is 0 Å². The first-order valence-electron chi connectivity index (χ1n) is 2.91. The maximum Gasteiger partial charge on any atom is 0.246 e. The number of carbonyl (C=O) groups is 1. The molecule has 1 N–H and O–H groups in total. The standard InChI is InChI=1S/C5H11NO3S2/c1-4(10-2)5(7)6-11(3,8)9/h4H,1-3H3,(H,6,7). The van der Waals surface area contributed by atoms with Gasteiger partial charge >= 0.3 is 0 Å². The van der Waals surface area contributed by atoms with Gasteiger partial charge in [0.2, 0.25) is 15.9 Å². The van der Waals surface area contributed by atoms with Gasteiger partial charge in [0, 0.05) is 0 Å². The Labute approximate surface area is 70.8 Å². The zero-order valence-electron chi connectivity index (χ0n) is 6.62. The van der Waals surface area contributed by atoms with E-state index in [0.29, 0.717) is 0 Å². The van der Waals surface area contributed by atoms with E-state index in [0.717, 1.165) is 6.26 Å². The Morgan fingerprint density at radius 1 is 1.55 bits per heavy atom. The molecule has 0 aliphatic carbocycles. The molecule has 11 heavy (non-hydrogen) atoms. The summed E-state index contributed by atoms with van der Waals surface area (Å²) in [6.07, 6.45) is 2.70. The first-order valence-corrected chi connectivity index (χ1v) is 6.09. The molecule has 1 atom stereocenters. The van der Waals surface area contributed by atoms with E-state index in [2.05, 4.69) is 0 Å². The van der Waals surface area contributed by atoms with Crippen molar-refractivity contribution in [1.82, 2.24) is 4.72 Å². The predicted molar refractivity (Wildman–Crippen MR) is 46.0 cm³/mol. The SMILES string of the molecule is CSC(C)C(=O)NS(C)(=O)=O. The van der Waals surface area contributed by atoms with Crippen molar-refractivity contribution in [3.8, 4) is 0 Å². The van der Waals surface area contributed by atoms with Crippen LogP contribution in [-0.2, 0) is 14.8 Å². The molecule has 4 nitrogen and oxygen atoms in total. The number of nitrogens with one attached hydrogen (secondary N) is 1. The molecule has 1 amide bonds. The summed E-state index contributed by atoms with van der Waals surface area (Å²) < 4.78 is 22.9. The van der Waals surface area contributed by atoms with Crippen LogP contribution < -0.4 is 4.72 Å². The van der Waals surface area contributed by atoms with E-state index in [-0.39, 0.29) is 5.25 Å². The third kappa shape index (κ3) is 5.09. The fourth-order valence-corrected chi connectivity index (χ4v) is 1.26. The molecule has 0 spiro atoms. The van der Waals surface area contributed by atoms with Crippen molar-refractivity contribution in [2.24, 2.45) is 0 Å². The van der Waals surface area contributed by atoms with Crippen LogP contribution in [0.1, 0.15) is 6.92 Å². The van der Waals surface area contributed by atoms with Gasteiger partial charge in [-0.1, -0.05) is 0 Å². The number of hydrogen-bond acceptors (Lipinski definition) is 4. The Kier molecular flexibility index (Phi) is 3.88. The molecule has 0 aromatic carbocycles. The average Bonchev–Trinajstić information content (AvgIpc) is 1.82. The van der Waals surface area contributed by atoms with Crippen LogP contribution in [0.15, 0.2) is 0 Å². The van der Waals surface area contributed by atoms with Gasteiger partial charge in [0.05, 0.1) is 11.5 Å². The van der Waals surface area contributed by atoms with E-state index in [4.69, 9.17) is 0 Å². The largest absolute Gasteiger partial charge is 0.273 e. The lowest BCUT2D eigenvalue weighted by Gasteiger charge is -2.06. The number of thioether (sulfide) groups is 1. The zero-order chi connectivity index (χ0) is 9.07. The highest BCUT2D eigenvalue weighted by molar-refractivity contribution is 8.00. The summed E-state index contributed by atoms with van der Waals surface area (Å²) in [5.74, 6) is -0.472. The van der Waals surface area contributed by atoms with E-state index in [1.165, 1.54) is 11.8 Å². The topological polar surface area (TPSA) is 63.2 Å². The normalized spacial score (nSPS) is 14.1. The Morgan fingerprint density at radius 3 is 2.27 bits per heavy atom. The van der Waals surface area contributed by atoms with E-state index >= 15 is 0 Å². The lowest BCUT2D eigenvalue weighted by molar-refractivity contribution is -0.118. The molecule has 66 valence electrons. The second-order valence-electron chi connectivity index (χ2n) is 2.12.